The summed E-state index contributed by atoms with van der Waals surface area (Å²) in [6, 6.07) is 0. The Bertz CT molecular complexity index is 308. The molecule has 94 valence electrons. The molecule has 0 atom stereocenters. The molecule has 5 heteroatoms. The van der Waals surface area contributed by atoms with E-state index in [2.05, 4.69) is 5.92 Å². The number of ether oxygens (including phenoxy) is 2. The maximum Gasteiger partial charge on any atom is 0.324 e. The van der Waals surface area contributed by atoms with Gasteiger partial charge in [0.15, 0.2) is 5.41 Å². The monoisotopic (exact) mass is 240 g/mol. The third-order valence-corrected chi connectivity index (χ3v) is 2.17. The molecule has 0 N–H and O–H groups in total. The number of hydrogen-bond donors (Lipinski definition) is 0. The van der Waals surface area contributed by atoms with E-state index in [1.807, 2.05) is 0 Å². The summed E-state index contributed by atoms with van der Waals surface area (Å²) in [7, 11) is 0. The van der Waals surface area contributed by atoms with Crippen LogP contribution in [0.3, 0.4) is 0 Å². The van der Waals surface area contributed by atoms with Crippen molar-refractivity contribution < 1.29 is 23.9 Å². The van der Waals surface area contributed by atoms with Crippen LogP contribution < -0.4 is 0 Å². The van der Waals surface area contributed by atoms with Crippen LogP contribution >= 0.6 is 0 Å². The summed E-state index contributed by atoms with van der Waals surface area (Å²) in [5.41, 5.74) is -1.71. The molecule has 0 spiro atoms. The summed E-state index contributed by atoms with van der Waals surface area (Å²) in [6.07, 6.45) is 5.04. The Kier molecular flexibility index (Phi) is 6.64. The van der Waals surface area contributed by atoms with Crippen molar-refractivity contribution in [3.8, 4) is 12.3 Å². The summed E-state index contributed by atoms with van der Waals surface area (Å²) in [5.74, 6) is 0.579. The smallest absolute Gasteiger partial charge is 0.324 e. The largest absolute Gasteiger partial charge is 0.465 e. The van der Waals surface area contributed by atoms with Crippen LogP contribution in [0.2, 0.25) is 0 Å². The van der Waals surface area contributed by atoms with E-state index in [1.165, 1.54) is 0 Å². The predicted octanol–water partition coefficient (Wildman–Crippen LogP) is 0.711. The molecule has 0 rings (SSSR count). The van der Waals surface area contributed by atoms with Gasteiger partial charge in [-0.2, -0.15) is 0 Å². The molecule has 5 nitrogen and oxygen atoms in total. The van der Waals surface area contributed by atoms with Crippen molar-refractivity contribution >= 4 is 18.2 Å². The van der Waals surface area contributed by atoms with Crippen molar-refractivity contribution in [2.24, 2.45) is 5.41 Å². The SMILES string of the molecule is C#CCC(CC=O)(C(=O)OCC)C(=O)OCC. The third kappa shape index (κ3) is 3.59. The Morgan fingerprint density at radius 3 is 2.00 bits per heavy atom. The fourth-order valence-electron chi connectivity index (χ4n) is 1.32. The lowest BCUT2D eigenvalue weighted by Gasteiger charge is -2.25. The minimum absolute atomic E-state index is 0.101. The number of carbonyl (C=O) groups is 3. The van der Waals surface area contributed by atoms with Crippen LogP contribution in [0.4, 0.5) is 0 Å². The minimum Gasteiger partial charge on any atom is -0.465 e. The summed E-state index contributed by atoms with van der Waals surface area (Å²) in [5, 5.41) is 0. The van der Waals surface area contributed by atoms with Crippen LogP contribution in [0, 0.1) is 17.8 Å². The molecule has 0 fully saturated rings. The van der Waals surface area contributed by atoms with Crippen molar-refractivity contribution in [1.82, 2.24) is 0 Å². The quantitative estimate of drug-likeness (QED) is 0.284. The van der Waals surface area contributed by atoms with Crippen molar-refractivity contribution in [2.45, 2.75) is 26.7 Å². The van der Waals surface area contributed by atoms with Crippen molar-refractivity contribution in [1.29, 1.82) is 0 Å². The number of carbonyl (C=O) groups excluding carboxylic acids is 3. The first-order valence-corrected chi connectivity index (χ1v) is 5.30. The number of terminal acetylenes is 1. The molecule has 0 aliphatic rings. The Morgan fingerprint density at radius 1 is 1.24 bits per heavy atom. The highest BCUT2D eigenvalue weighted by Crippen LogP contribution is 2.29. The molecule has 0 unspecified atom stereocenters. The van der Waals surface area contributed by atoms with Crippen molar-refractivity contribution in [3.63, 3.8) is 0 Å². The van der Waals surface area contributed by atoms with Gasteiger partial charge in [-0.1, -0.05) is 0 Å². The molecule has 0 aromatic carbocycles. The van der Waals surface area contributed by atoms with Gasteiger partial charge in [0.1, 0.15) is 6.29 Å². The maximum atomic E-state index is 11.8. The van der Waals surface area contributed by atoms with Gasteiger partial charge in [-0.15, -0.1) is 12.3 Å². The van der Waals surface area contributed by atoms with E-state index in [0.717, 1.165) is 0 Å². The highest BCUT2D eigenvalue weighted by Gasteiger charge is 2.48. The minimum atomic E-state index is -1.71. The number of esters is 2. The number of hydrogen-bond acceptors (Lipinski definition) is 5. The van der Waals surface area contributed by atoms with Gasteiger partial charge >= 0.3 is 11.9 Å². The Hall–Kier alpha value is -1.83. The predicted molar refractivity (Wildman–Crippen MR) is 59.8 cm³/mol. The fraction of sp³-hybridized carbons (Fsp3) is 0.583. The maximum absolute atomic E-state index is 11.8. The van der Waals surface area contributed by atoms with Crippen LogP contribution in [0.1, 0.15) is 26.7 Å². The van der Waals surface area contributed by atoms with Gasteiger partial charge in [0.05, 0.1) is 13.2 Å². The van der Waals surface area contributed by atoms with Gasteiger partial charge in [0.2, 0.25) is 0 Å². The van der Waals surface area contributed by atoms with Gasteiger partial charge in [0.25, 0.3) is 0 Å². The number of rotatable bonds is 7. The van der Waals surface area contributed by atoms with E-state index < -0.39 is 17.4 Å². The second-order valence-electron chi connectivity index (χ2n) is 3.27. The average molecular weight is 240 g/mol. The molecule has 0 radical (unpaired) electrons. The summed E-state index contributed by atoms with van der Waals surface area (Å²) >= 11 is 0. The molecule has 0 aromatic heterocycles. The second kappa shape index (κ2) is 7.44. The van der Waals surface area contributed by atoms with Crippen LogP contribution in [-0.2, 0) is 23.9 Å². The Labute approximate surface area is 100 Å². The van der Waals surface area contributed by atoms with Crippen LogP contribution in [-0.4, -0.2) is 31.4 Å². The summed E-state index contributed by atoms with van der Waals surface area (Å²) in [6.45, 7) is 3.40. The molecular formula is C12H16O5. The standard InChI is InChI=1S/C12H16O5/c1-4-7-12(8-9-13,10(14)16-5-2)11(15)17-6-3/h1,9H,5-8H2,2-3H3. The first kappa shape index (κ1) is 15.2. The topological polar surface area (TPSA) is 69.7 Å². The molecule has 0 saturated carbocycles. The van der Waals surface area contributed by atoms with E-state index in [4.69, 9.17) is 15.9 Å². The molecule has 17 heavy (non-hydrogen) atoms. The first-order chi connectivity index (χ1) is 8.08. The third-order valence-electron chi connectivity index (χ3n) is 2.17. The molecule has 0 aromatic rings. The van der Waals surface area contributed by atoms with Crippen LogP contribution in [0.15, 0.2) is 0 Å². The molecule has 0 heterocycles. The molecule has 0 aliphatic carbocycles. The molecular weight excluding hydrogens is 224 g/mol. The van der Waals surface area contributed by atoms with E-state index in [9.17, 15) is 14.4 Å². The fourth-order valence-corrected chi connectivity index (χ4v) is 1.32. The van der Waals surface area contributed by atoms with Gasteiger partial charge in [-0.05, 0) is 13.8 Å². The first-order valence-electron chi connectivity index (χ1n) is 5.30. The van der Waals surface area contributed by atoms with Crippen LogP contribution in [0.25, 0.3) is 0 Å². The summed E-state index contributed by atoms with van der Waals surface area (Å²) in [4.78, 5) is 34.2. The Morgan fingerprint density at radius 2 is 1.71 bits per heavy atom. The zero-order valence-electron chi connectivity index (χ0n) is 10.0. The zero-order chi connectivity index (χ0) is 13.3. The van der Waals surface area contributed by atoms with Gasteiger partial charge in [-0.3, -0.25) is 9.59 Å². The van der Waals surface area contributed by atoms with Gasteiger partial charge in [-0.25, -0.2) is 0 Å². The van der Waals surface area contributed by atoms with Gasteiger partial charge in [0, 0.05) is 12.8 Å². The van der Waals surface area contributed by atoms with E-state index in [1.54, 1.807) is 13.8 Å². The highest BCUT2D eigenvalue weighted by atomic mass is 16.6. The molecule has 0 amide bonds. The summed E-state index contributed by atoms with van der Waals surface area (Å²) < 4.78 is 9.57. The molecule has 0 aliphatic heterocycles. The lowest BCUT2D eigenvalue weighted by molar-refractivity contribution is -0.172. The highest BCUT2D eigenvalue weighted by molar-refractivity contribution is 6.02. The Balaban J connectivity index is 5.25. The van der Waals surface area contributed by atoms with E-state index in [0.29, 0.717) is 6.29 Å². The lowest BCUT2D eigenvalue weighted by Crippen LogP contribution is -2.42. The zero-order valence-corrected chi connectivity index (χ0v) is 10.0. The number of aldehydes is 1. The second-order valence-corrected chi connectivity index (χ2v) is 3.27. The van der Waals surface area contributed by atoms with Gasteiger partial charge < -0.3 is 14.3 Å². The molecule has 0 bridgehead atoms. The average Bonchev–Trinajstić information content (AvgIpc) is 2.29. The van der Waals surface area contributed by atoms with Crippen LogP contribution in [0.5, 0.6) is 0 Å². The van der Waals surface area contributed by atoms with Crippen molar-refractivity contribution in [2.75, 3.05) is 13.2 Å². The lowest BCUT2D eigenvalue weighted by atomic mass is 9.82. The van der Waals surface area contributed by atoms with E-state index in [-0.39, 0.29) is 26.1 Å². The van der Waals surface area contributed by atoms with E-state index >= 15 is 0 Å². The normalized spacial score (nSPS) is 10.2. The molecule has 0 saturated heterocycles. The van der Waals surface area contributed by atoms with Crippen molar-refractivity contribution in [3.05, 3.63) is 0 Å².